The number of fused-ring (bicyclic) bond motifs is 1. The molecule has 2 aliphatic heterocycles. The van der Waals surface area contributed by atoms with Gasteiger partial charge in [-0.05, 0) is 31.2 Å². The SMILES string of the molecule is COC(=O)c1ccc(N2CCC3(CC2)CC(=O)c2cc(C)ccc2O3)nn1. The van der Waals surface area contributed by atoms with Crippen molar-refractivity contribution in [1.82, 2.24) is 10.2 Å². The van der Waals surface area contributed by atoms with Crippen molar-refractivity contribution >= 4 is 17.6 Å². The molecule has 0 aliphatic carbocycles. The monoisotopic (exact) mass is 367 g/mol. The molecule has 27 heavy (non-hydrogen) atoms. The van der Waals surface area contributed by atoms with Crippen molar-refractivity contribution in [2.45, 2.75) is 31.8 Å². The molecule has 1 spiro atoms. The molecule has 2 aliphatic rings. The number of carbonyl (C=O) groups excluding carboxylic acids is 2. The number of benzene rings is 1. The molecule has 7 nitrogen and oxygen atoms in total. The topological polar surface area (TPSA) is 81.6 Å². The van der Waals surface area contributed by atoms with Crippen molar-refractivity contribution in [2.24, 2.45) is 0 Å². The third kappa shape index (κ3) is 3.25. The molecule has 0 amide bonds. The van der Waals surface area contributed by atoms with Gasteiger partial charge in [0.25, 0.3) is 0 Å². The smallest absolute Gasteiger partial charge is 0.358 e. The Hall–Kier alpha value is -2.96. The van der Waals surface area contributed by atoms with Gasteiger partial charge < -0.3 is 14.4 Å². The van der Waals surface area contributed by atoms with E-state index in [1.54, 1.807) is 12.1 Å². The molecule has 0 saturated carbocycles. The minimum absolute atomic E-state index is 0.149. The van der Waals surface area contributed by atoms with Gasteiger partial charge >= 0.3 is 5.97 Å². The number of esters is 1. The van der Waals surface area contributed by atoms with E-state index < -0.39 is 11.6 Å². The van der Waals surface area contributed by atoms with Crippen molar-refractivity contribution < 1.29 is 19.1 Å². The maximum absolute atomic E-state index is 12.6. The van der Waals surface area contributed by atoms with Crippen LogP contribution in [0.3, 0.4) is 0 Å². The van der Waals surface area contributed by atoms with Crippen LogP contribution in [0, 0.1) is 6.92 Å². The van der Waals surface area contributed by atoms with Crippen LogP contribution < -0.4 is 9.64 Å². The van der Waals surface area contributed by atoms with Crippen molar-refractivity contribution in [3.05, 3.63) is 47.2 Å². The number of aryl methyl sites for hydroxylation is 1. The second-order valence-corrected chi connectivity index (χ2v) is 7.14. The molecule has 2 aromatic rings. The summed E-state index contributed by atoms with van der Waals surface area (Å²) in [5.41, 5.74) is 1.48. The van der Waals surface area contributed by atoms with Gasteiger partial charge in [-0.3, -0.25) is 4.79 Å². The summed E-state index contributed by atoms with van der Waals surface area (Å²) in [6.07, 6.45) is 1.86. The average Bonchev–Trinajstić information content (AvgIpc) is 2.69. The highest BCUT2D eigenvalue weighted by Gasteiger charge is 2.43. The van der Waals surface area contributed by atoms with E-state index in [1.165, 1.54) is 7.11 Å². The van der Waals surface area contributed by atoms with Gasteiger partial charge in [-0.1, -0.05) is 11.6 Å². The second-order valence-electron chi connectivity index (χ2n) is 7.14. The molecule has 1 fully saturated rings. The highest BCUT2D eigenvalue weighted by Crippen LogP contribution is 2.40. The minimum atomic E-state index is -0.505. The van der Waals surface area contributed by atoms with Crippen LogP contribution in [0.15, 0.2) is 30.3 Å². The predicted molar refractivity (Wildman–Crippen MR) is 98.3 cm³/mol. The maximum atomic E-state index is 12.6. The number of rotatable bonds is 2. The third-order valence-electron chi connectivity index (χ3n) is 5.29. The van der Waals surface area contributed by atoms with Crippen molar-refractivity contribution in [1.29, 1.82) is 0 Å². The summed E-state index contributed by atoms with van der Waals surface area (Å²) >= 11 is 0. The number of hydrogen-bond donors (Lipinski definition) is 0. The van der Waals surface area contributed by atoms with E-state index in [0.29, 0.717) is 36.6 Å². The van der Waals surface area contributed by atoms with Crippen LogP contribution in [-0.2, 0) is 4.74 Å². The Morgan fingerprint density at radius 3 is 2.63 bits per heavy atom. The number of Topliss-reactive ketones (excluding diaryl/α,β-unsaturated/α-hetero) is 1. The Kier molecular flexibility index (Phi) is 4.30. The van der Waals surface area contributed by atoms with E-state index in [1.807, 2.05) is 25.1 Å². The Balaban J connectivity index is 1.47. The molecular formula is C20H21N3O4. The molecule has 3 heterocycles. The van der Waals surface area contributed by atoms with E-state index in [4.69, 9.17) is 4.74 Å². The molecule has 1 aromatic heterocycles. The van der Waals surface area contributed by atoms with Gasteiger partial charge in [0.05, 0.1) is 19.1 Å². The van der Waals surface area contributed by atoms with E-state index in [2.05, 4.69) is 19.8 Å². The number of nitrogens with zero attached hydrogens (tertiary/aromatic N) is 3. The molecule has 140 valence electrons. The maximum Gasteiger partial charge on any atom is 0.358 e. The Bertz CT molecular complexity index is 887. The summed E-state index contributed by atoms with van der Waals surface area (Å²) in [5.74, 6) is 1.04. The van der Waals surface area contributed by atoms with E-state index in [0.717, 1.165) is 18.4 Å². The lowest BCUT2D eigenvalue weighted by Crippen LogP contribution is -2.51. The number of ether oxygens (including phenoxy) is 2. The van der Waals surface area contributed by atoms with Gasteiger partial charge in [0, 0.05) is 25.9 Å². The molecule has 0 bridgehead atoms. The highest BCUT2D eigenvalue weighted by molar-refractivity contribution is 6.00. The van der Waals surface area contributed by atoms with Crippen molar-refractivity contribution in [3.8, 4) is 5.75 Å². The lowest BCUT2D eigenvalue weighted by molar-refractivity contribution is 0.0230. The first-order valence-electron chi connectivity index (χ1n) is 9.00. The first-order valence-corrected chi connectivity index (χ1v) is 9.00. The number of aromatic nitrogens is 2. The number of hydrogen-bond acceptors (Lipinski definition) is 7. The second kappa shape index (κ2) is 6.64. The van der Waals surface area contributed by atoms with Gasteiger partial charge in [-0.25, -0.2) is 4.79 Å². The van der Waals surface area contributed by atoms with Gasteiger partial charge in [-0.2, -0.15) is 0 Å². The standard InChI is InChI=1S/C20H21N3O4/c1-13-3-5-17-14(11-13)16(24)12-20(27-17)7-9-23(10-8-20)18-6-4-15(21-22-18)19(25)26-2/h3-6,11H,7-10,12H2,1-2H3. The summed E-state index contributed by atoms with van der Waals surface area (Å²) < 4.78 is 10.9. The summed E-state index contributed by atoms with van der Waals surface area (Å²) in [5, 5.41) is 8.06. The van der Waals surface area contributed by atoms with Gasteiger partial charge in [0.15, 0.2) is 17.3 Å². The highest BCUT2D eigenvalue weighted by atomic mass is 16.5. The fourth-order valence-electron chi connectivity index (χ4n) is 3.74. The Morgan fingerprint density at radius 1 is 1.19 bits per heavy atom. The van der Waals surface area contributed by atoms with Gasteiger partial charge in [0.1, 0.15) is 11.4 Å². The van der Waals surface area contributed by atoms with E-state index in [-0.39, 0.29) is 11.5 Å². The van der Waals surface area contributed by atoms with Crippen LogP contribution in [-0.4, -0.2) is 47.8 Å². The van der Waals surface area contributed by atoms with Gasteiger partial charge in [-0.15, -0.1) is 10.2 Å². The average molecular weight is 367 g/mol. The van der Waals surface area contributed by atoms with Gasteiger partial charge in [0.2, 0.25) is 0 Å². The normalized spacial score (nSPS) is 18.0. The van der Waals surface area contributed by atoms with Crippen LogP contribution in [0.1, 0.15) is 45.7 Å². The zero-order valence-corrected chi connectivity index (χ0v) is 15.4. The van der Waals surface area contributed by atoms with Crippen LogP contribution >= 0.6 is 0 Å². The fourth-order valence-corrected chi connectivity index (χ4v) is 3.74. The van der Waals surface area contributed by atoms with E-state index >= 15 is 0 Å². The zero-order valence-electron chi connectivity index (χ0n) is 15.4. The quantitative estimate of drug-likeness (QED) is 0.755. The van der Waals surface area contributed by atoms with Crippen molar-refractivity contribution in [2.75, 3.05) is 25.1 Å². The molecule has 0 N–H and O–H groups in total. The van der Waals surface area contributed by atoms with Crippen LogP contribution in [0.25, 0.3) is 0 Å². The van der Waals surface area contributed by atoms with Crippen LogP contribution in [0.5, 0.6) is 5.75 Å². The molecule has 7 heteroatoms. The third-order valence-corrected chi connectivity index (χ3v) is 5.29. The lowest BCUT2D eigenvalue weighted by atomic mass is 9.82. The van der Waals surface area contributed by atoms with Crippen LogP contribution in [0.2, 0.25) is 0 Å². The van der Waals surface area contributed by atoms with Crippen LogP contribution in [0.4, 0.5) is 5.82 Å². The number of piperidine rings is 1. The summed E-state index contributed by atoms with van der Waals surface area (Å²) in [7, 11) is 1.31. The Morgan fingerprint density at radius 2 is 1.96 bits per heavy atom. The molecule has 1 aromatic carbocycles. The largest absolute Gasteiger partial charge is 0.486 e. The number of ketones is 1. The molecule has 0 unspecified atom stereocenters. The number of methoxy groups -OCH3 is 1. The number of carbonyl (C=O) groups is 2. The Labute approximate surface area is 157 Å². The molecule has 0 atom stereocenters. The van der Waals surface area contributed by atoms with Crippen molar-refractivity contribution in [3.63, 3.8) is 0 Å². The molecule has 4 rings (SSSR count). The fraction of sp³-hybridized carbons (Fsp3) is 0.400. The number of anilines is 1. The molecular weight excluding hydrogens is 346 g/mol. The summed E-state index contributed by atoms with van der Waals surface area (Å²) in [6.45, 7) is 3.39. The first-order chi connectivity index (χ1) is 13.0. The first kappa shape index (κ1) is 17.5. The molecule has 1 saturated heterocycles. The summed E-state index contributed by atoms with van der Waals surface area (Å²) in [6, 6.07) is 9.14. The zero-order chi connectivity index (χ0) is 19.0. The minimum Gasteiger partial charge on any atom is -0.486 e. The molecule has 0 radical (unpaired) electrons. The lowest BCUT2D eigenvalue weighted by Gasteiger charge is -2.44. The van der Waals surface area contributed by atoms with E-state index in [9.17, 15) is 9.59 Å². The predicted octanol–water partition coefficient (Wildman–Crippen LogP) is 2.58. The summed E-state index contributed by atoms with van der Waals surface area (Å²) in [4.78, 5) is 26.2.